The molecule has 0 radical (unpaired) electrons. The number of hydrogen-bond acceptors (Lipinski definition) is 4. The molecule has 1 aliphatic rings. The highest BCUT2D eigenvalue weighted by Crippen LogP contribution is 2.21. The van der Waals surface area contributed by atoms with Gasteiger partial charge >= 0.3 is 0 Å². The lowest BCUT2D eigenvalue weighted by atomic mass is 9.98. The second-order valence-electron chi connectivity index (χ2n) is 8.40. The molecule has 1 atom stereocenters. The van der Waals surface area contributed by atoms with Crippen molar-refractivity contribution < 1.29 is 13.2 Å². The molecule has 0 bridgehead atoms. The van der Waals surface area contributed by atoms with E-state index in [4.69, 9.17) is 0 Å². The highest BCUT2D eigenvalue weighted by atomic mass is 32.2. The van der Waals surface area contributed by atoms with E-state index in [1.165, 1.54) is 0 Å². The number of carbonyl (C=O) groups excluding carboxylic acids is 1. The first-order chi connectivity index (χ1) is 15.4. The lowest BCUT2D eigenvalue weighted by molar-refractivity contribution is -0.134. The molecule has 168 valence electrons. The molecule has 1 aliphatic heterocycles. The van der Waals surface area contributed by atoms with Crippen LogP contribution in [0.1, 0.15) is 31.9 Å². The Morgan fingerprint density at radius 1 is 1.28 bits per heavy atom. The first-order valence-corrected chi connectivity index (χ1v) is 12.3. The SMILES string of the molecule is CC1CCN(C(=O)C(CCn2cccc2C#N)NS(=O)(=O)c2ccc3cc[nH]c3c2)CC1. The van der Waals surface area contributed by atoms with E-state index in [1.807, 2.05) is 6.07 Å². The fraction of sp³-hybridized carbons (Fsp3) is 0.391. The number of benzene rings is 1. The maximum atomic E-state index is 13.3. The van der Waals surface area contributed by atoms with Gasteiger partial charge in [0.1, 0.15) is 17.8 Å². The molecule has 0 spiro atoms. The number of sulfonamides is 1. The number of hydrogen-bond donors (Lipinski definition) is 2. The number of H-pyrrole nitrogens is 1. The molecule has 3 aromatic rings. The number of fused-ring (bicyclic) bond motifs is 1. The van der Waals surface area contributed by atoms with Crippen LogP contribution in [0.15, 0.2) is 53.7 Å². The largest absolute Gasteiger partial charge is 0.361 e. The van der Waals surface area contributed by atoms with Gasteiger partial charge in [-0.1, -0.05) is 13.0 Å². The summed E-state index contributed by atoms with van der Waals surface area (Å²) >= 11 is 0. The lowest BCUT2D eigenvalue weighted by Crippen LogP contribution is -2.50. The number of piperidine rings is 1. The summed E-state index contributed by atoms with van der Waals surface area (Å²) in [5.74, 6) is 0.340. The molecule has 8 nitrogen and oxygen atoms in total. The number of nitrogens with zero attached hydrogens (tertiary/aromatic N) is 3. The van der Waals surface area contributed by atoms with Gasteiger partial charge in [0, 0.05) is 37.5 Å². The van der Waals surface area contributed by atoms with Crippen LogP contribution >= 0.6 is 0 Å². The van der Waals surface area contributed by atoms with Gasteiger partial charge in [0.15, 0.2) is 0 Å². The van der Waals surface area contributed by atoms with Crippen molar-refractivity contribution in [1.82, 2.24) is 19.2 Å². The van der Waals surface area contributed by atoms with Crippen molar-refractivity contribution in [3.8, 4) is 6.07 Å². The van der Waals surface area contributed by atoms with Crippen LogP contribution < -0.4 is 4.72 Å². The second-order valence-corrected chi connectivity index (χ2v) is 10.1. The molecular weight excluding hydrogens is 426 g/mol. The van der Waals surface area contributed by atoms with Crippen molar-refractivity contribution in [1.29, 1.82) is 5.26 Å². The highest BCUT2D eigenvalue weighted by molar-refractivity contribution is 7.89. The summed E-state index contributed by atoms with van der Waals surface area (Å²) in [5.41, 5.74) is 1.19. The first kappa shape index (κ1) is 22.1. The molecule has 3 heterocycles. The number of nitrogens with one attached hydrogen (secondary N) is 2. The third kappa shape index (κ3) is 4.71. The van der Waals surface area contributed by atoms with Crippen molar-refractivity contribution in [3.63, 3.8) is 0 Å². The van der Waals surface area contributed by atoms with E-state index in [0.29, 0.717) is 36.8 Å². The molecule has 32 heavy (non-hydrogen) atoms. The number of amides is 1. The number of aromatic nitrogens is 2. The molecule has 2 N–H and O–H groups in total. The van der Waals surface area contributed by atoms with Gasteiger partial charge in [-0.05, 0) is 60.9 Å². The number of aromatic amines is 1. The molecular formula is C23H27N5O3S. The van der Waals surface area contributed by atoms with E-state index in [1.54, 1.807) is 52.2 Å². The molecule has 1 unspecified atom stereocenters. The number of likely N-dealkylation sites (tertiary alicyclic amines) is 1. The number of aryl methyl sites for hydroxylation is 1. The van der Waals surface area contributed by atoms with Crippen LogP contribution in [0.3, 0.4) is 0 Å². The van der Waals surface area contributed by atoms with Gasteiger partial charge in [0.05, 0.1) is 4.90 Å². The third-order valence-corrected chi connectivity index (χ3v) is 7.60. The van der Waals surface area contributed by atoms with Crippen LogP contribution in [0.4, 0.5) is 0 Å². The Labute approximate surface area is 187 Å². The summed E-state index contributed by atoms with van der Waals surface area (Å²) in [7, 11) is -3.92. The van der Waals surface area contributed by atoms with Gasteiger partial charge in [-0.15, -0.1) is 0 Å². The fourth-order valence-corrected chi connectivity index (χ4v) is 5.36. The third-order valence-electron chi connectivity index (χ3n) is 6.13. The quantitative estimate of drug-likeness (QED) is 0.573. The second kappa shape index (κ2) is 9.18. The monoisotopic (exact) mass is 453 g/mol. The smallest absolute Gasteiger partial charge is 0.241 e. The molecule has 0 aliphatic carbocycles. The topological polar surface area (TPSA) is 111 Å². The Morgan fingerprint density at radius 3 is 2.81 bits per heavy atom. The van der Waals surface area contributed by atoms with Gasteiger partial charge in [0.25, 0.3) is 0 Å². The number of carbonyl (C=O) groups is 1. The summed E-state index contributed by atoms with van der Waals surface area (Å²) in [5, 5.41) is 10.2. The van der Waals surface area contributed by atoms with Crippen LogP contribution in [-0.4, -0.2) is 47.9 Å². The minimum Gasteiger partial charge on any atom is -0.361 e. The maximum absolute atomic E-state index is 13.3. The van der Waals surface area contributed by atoms with E-state index in [9.17, 15) is 18.5 Å². The molecule has 1 saturated heterocycles. The van der Waals surface area contributed by atoms with Crippen LogP contribution in [0.2, 0.25) is 0 Å². The van der Waals surface area contributed by atoms with E-state index in [2.05, 4.69) is 22.7 Å². The molecule has 0 saturated carbocycles. The van der Waals surface area contributed by atoms with Crippen molar-refractivity contribution in [3.05, 3.63) is 54.5 Å². The summed E-state index contributed by atoms with van der Waals surface area (Å²) in [6.07, 6.45) is 5.58. The summed E-state index contributed by atoms with van der Waals surface area (Å²) in [6.45, 7) is 3.77. The van der Waals surface area contributed by atoms with Gasteiger partial charge in [0.2, 0.25) is 15.9 Å². The van der Waals surface area contributed by atoms with Crippen LogP contribution in [0, 0.1) is 17.2 Å². The van der Waals surface area contributed by atoms with Crippen molar-refractivity contribution in [2.24, 2.45) is 5.92 Å². The molecule has 1 aromatic carbocycles. The fourth-order valence-electron chi connectivity index (χ4n) is 4.11. The zero-order valence-electron chi connectivity index (χ0n) is 18.0. The molecule has 4 rings (SSSR count). The zero-order chi connectivity index (χ0) is 22.7. The zero-order valence-corrected chi connectivity index (χ0v) is 18.8. The molecule has 1 amide bonds. The van der Waals surface area contributed by atoms with Crippen molar-refractivity contribution >= 4 is 26.8 Å². The Hall–Kier alpha value is -3.09. The number of rotatable bonds is 7. The maximum Gasteiger partial charge on any atom is 0.241 e. The standard InChI is InChI=1S/C23H27N5O3S/c1-17-7-12-28(13-8-17)23(29)21(9-14-27-11-2-3-19(27)16-24)26-32(30,31)20-5-4-18-6-10-25-22(18)15-20/h2-6,10-11,15,17,21,25-26H,7-9,12-14H2,1H3. The van der Waals surface area contributed by atoms with Gasteiger partial charge < -0.3 is 14.5 Å². The predicted molar refractivity (Wildman–Crippen MR) is 121 cm³/mol. The summed E-state index contributed by atoms with van der Waals surface area (Å²) < 4.78 is 30.7. The summed E-state index contributed by atoms with van der Waals surface area (Å²) in [6, 6.07) is 11.4. The molecule has 1 fully saturated rings. The van der Waals surface area contributed by atoms with E-state index in [0.717, 1.165) is 18.2 Å². The average molecular weight is 454 g/mol. The van der Waals surface area contributed by atoms with Crippen molar-refractivity contribution in [2.45, 2.75) is 43.7 Å². The van der Waals surface area contributed by atoms with Gasteiger partial charge in [-0.2, -0.15) is 9.98 Å². The average Bonchev–Trinajstić information content (AvgIpc) is 3.45. The van der Waals surface area contributed by atoms with Gasteiger partial charge in [-0.25, -0.2) is 8.42 Å². The first-order valence-electron chi connectivity index (χ1n) is 10.8. The summed E-state index contributed by atoms with van der Waals surface area (Å²) in [4.78, 5) is 18.2. The minimum atomic E-state index is -3.92. The van der Waals surface area contributed by atoms with Crippen LogP contribution in [0.5, 0.6) is 0 Å². The number of nitriles is 1. The lowest BCUT2D eigenvalue weighted by Gasteiger charge is -2.33. The van der Waals surface area contributed by atoms with E-state index in [-0.39, 0.29) is 17.2 Å². The Kier molecular flexibility index (Phi) is 6.35. The molecule has 9 heteroatoms. The van der Waals surface area contributed by atoms with E-state index < -0.39 is 16.1 Å². The molecule has 2 aromatic heterocycles. The Morgan fingerprint density at radius 2 is 2.06 bits per heavy atom. The van der Waals surface area contributed by atoms with Crippen LogP contribution in [-0.2, 0) is 21.4 Å². The van der Waals surface area contributed by atoms with E-state index >= 15 is 0 Å². The van der Waals surface area contributed by atoms with Crippen molar-refractivity contribution in [2.75, 3.05) is 13.1 Å². The normalized spacial score (nSPS) is 16.2. The van der Waals surface area contributed by atoms with Gasteiger partial charge in [-0.3, -0.25) is 4.79 Å². The predicted octanol–water partition coefficient (Wildman–Crippen LogP) is 2.84. The Balaban J connectivity index is 1.57. The van der Waals surface area contributed by atoms with Crippen LogP contribution in [0.25, 0.3) is 10.9 Å². The Bertz CT molecular complexity index is 1250. The highest BCUT2D eigenvalue weighted by Gasteiger charge is 2.31. The minimum absolute atomic E-state index is 0.108.